The van der Waals surface area contributed by atoms with Crippen LogP contribution in [0.5, 0.6) is 0 Å². The van der Waals surface area contributed by atoms with Crippen molar-refractivity contribution in [3.05, 3.63) is 70.5 Å². The molecule has 1 amide bonds. The fourth-order valence-corrected chi connectivity index (χ4v) is 3.44. The van der Waals surface area contributed by atoms with Crippen LogP contribution in [0.2, 0.25) is 0 Å². The summed E-state index contributed by atoms with van der Waals surface area (Å²) in [5, 5.41) is 2.83. The minimum absolute atomic E-state index is 0.0613. The van der Waals surface area contributed by atoms with Crippen LogP contribution in [0, 0.1) is 5.82 Å². The molecule has 0 radical (unpaired) electrons. The van der Waals surface area contributed by atoms with Crippen LogP contribution >= 0.6 is 0 Å². The third-order valence-electron chi connectivity index (χ3n) is 4.65. The molecule has 0 unspecified atom stereocenters. The molecule has 0 aliphatic carbocycles. The highest BCUT2D eigenvalue weighted by molar-refractivity contribution is 7.92. The molecule has 162 valence electrons. The van der Waals surface area contributed by atoms with Crippen LogP contribution in [0.25, 0.3) is 6.08 Å². The maximum absolute atomic E-state index is 14.2. The molecule has 0 saturated heterocycles. The first-order valence-corrected chi connectivity index (χ1v) is 11.5. The molecular weight excluding hydrogens is 403 g/mol. The molecule has 0 heterocycles. The summed E-state index contributed by atoms with van der Waals surface area (Å²) in [5.74, 6) is -0.966. The van der Waals surface area contributed by atoms with E-state index in [0.29, 0.717) is 11.1 Å². The van der Waals surface area contributed by atoms with Gasteiger partial charge in [-0.2, -0.15) is 0 Å². The predicted octanol–water partition coefficient (Wildman–Crippen LogP) is 4.78. The van der Waals surface area contributed by atoms with Crippen molar-refractivity contribution in [2.45, 2.75) is 46.1 Å². The molecule has 2 rings (SSSR count). The van der Waals surface area contributed by atoms with Crippen molar-refractivity contribution in [2.24, 2.45) is 0 Å². The molecule has 0 fully saturated rings. The number of sulfonamides is 1. The smallest absolute Gasteiger partial charge is 0.247 e. The standard InChI is InChI=1S/C23H29FN2O3S/c1-15(13-17-7-10-19(11-8-17)23(3,4)5)22(27)25-16(2)18-9-12-21(20(24)14-18)26-30(6,28)29/h7-14,16,26H,1-6H3,(H,25,27)/t16-/m1/s1. The highest BCUT2D eigenvalue weighted by Crippen LogP contribution is 2.23. The molecule has 2 N–H and O–H groups in total. The molecule has 0 bridgehead atoms. The Hall–Kier alpha value is -2.67. The Morgan fingerprint density at radius 2 is 1.70 bits per heavy atom. The largest absolute Gasteiger partial charge is 0.346 e. The highest BCUT2D eigenvalue weighted by atomic mass is 32.2. The van der Waals surface area contributed by atoms with E-state index in [1.807, 2.05) is 12.1 Å². The van der Waals surface area contributed by atoms with E-state index >= 15 is 0 Å². The van der Waals surface area contributed by atoms with E-state index in [0.717, 1.165) is 11.8 Å². The van der Waals surface area contributed by atoms with Crippen LogP contribution in [0.4, 0.5) is 10.1 Å². The van der Waals surface area contributed by atoms with Crippen molar-refractivity contribution in [3.63, 3.8) is 0 Å². The maximum atomic E-state index is 14.2. The van der Waals surface area contributed by atoms with Gasteiger partial charge in [-0.3, -0.25) is 9.52 Å². The van der Waals surface area contributed by atoms with Crippen molar-refractivity contribution < 1.29 is 17.6 Å². The van der Waals surface area contributed by atoms with E-state index < -0.39 is 21.9 Å². The Morgan fingerprint density at radius 3 is 2.20 bits per heavy atom. The second-order valence-corrected chi connectivity index (χ2v) is 10.3. The summed E-state index contributed by atoms with van der Waals surface area (Å²) >= 11 is 0. The lowest BCUT2D eigenvalue weighted by Crippen LogP contribution is -2.27. The summed E-state index contributed by atoms with van der Waals surface area (Å²) < 4.78 is 38.8. The molecule has 0 aliphatic rings. The van der Waals surface area contributed by atoms with Crippen LogP contribution in [0.3, 0.4) is 0 Å². The van der Waals surface area contributed by atoms with Gasteiger partial charge in [0.2, 0.25) is 15.9 Å². The van der Waals surface area contributed by atoms with Crippen LogP contribution in [-0.4, -0.2) is 20.6 Å². The molecule has 7 heteroatoms. The number of amides is 1. The van der Waals surface area contributed by atoms with Crippen molar-refractivity contribution >= 4 is 27.7 Å². The van der Waals surface area contributed by atoms with Crippen molar-refractivity contribution in [2.75, 3.05) is 11.0 Å². The van der Waals surface area contributed by atoms with Gasteiger partial charge in [0.05, 0.1) is 18.0 Å². The van der Waals surface area contributed by atoms with Crippen LogP contribution in [0.15, 0.2) is 48.0 Å². The molecular formula is C23H29FN2O3S. The zero-order valence-electron chi connectivity index (χ0n) is 18.2. The molecule has 1 atom stereocenters. The number of hydrogen-bond donors (Lipinski definition) is 2. The Labute approximate surface area is 178 Å². The number of halogens is 1. The minimum atomic E-state index is -3.57. The van der Waals surface area contributed by atoms with Crippen LogP contribution in [-0.2, 0) is 20.2 Å². The average molecular weight is 433 g/mol. The Bertz CT molecular complexity index is 1050. The van der Waals surface area contributed by atoms with E-state index in [1.54, 1.807) is 26.0 Å². The van der Waals surface area contributed by atoms with Gasteiger partial charge in [-0.1, -0.05) is 51.1 Å². The fourth-order valence-electron chi connectivity index (χ4n) is 2.87. The molecule has 2 aromatic rings. The topological polar surface area (TPSA) is 75.3 Å². The normalized spacial score (nSPS) is 13.6. The summed E-state index contributed by atoms with van der Waals surface area (Å²) in [4.78, 5) is 12.5. The Balaban J connectivity index is 2.09. The van der Waals surface area contributed by atoms with Gasteiger partial charge in [-0.25, -0.2) is 12.8 Å². The number of nitrogens with one attached hydrogen (secondary N) is 2. The third-order valence-corrected chi connectivity index (χ3v) is 5.24. The molecule has 30 heavy (non-hydrogen) atoms. The summed E-state index contributed by atoms with van der Waals surface area (Å²) in [6, 6.07) is 11.7. The number of benzene rings is 2. The highest BCUT2D eigenvalue weighted by Gasteiger charge is 2.15. The molecule has 0 spiro atoms. The second-order valence-electron chi connectivity index (χ2n) is 8.51. The zero-order valence-corrected chi connectivity index (χ0v) is 19.0. The van der Waals surface area contributed by atoms with Gasteiger partial charge in [-0.15, -0.1) is 0 Å². The van der Waals surface area contributed by atoms with Crippen molar-refractivity contribution in [1.82, 2.24) is 5.32 Å². The molecule has 0 aliphatic heterocycles. The monoisotopic (exact) mass is 432 g/mol. The Morgan fingerprint density at radius 1 is 1.10 bits per heavy atom. The fraction of sp³-hybridized carbons (Fsp3) is 0.348. The van der Waals surface area contributed by atoms with Gasteiger partial charge >= 0.3 is 0 Å². The predicted molar refractivity (Wildman–Crippen MR) is 120 cm³/mol. The van der Waals surface area contributed by atoms with Crippen LogP contribution < -0.4 is 10.0 Å². The van der Waals surface area contributed by atoms with Crippen LogP contribution in [0.1, 0.15) is 57.4 Å². The SMILES string of the molecule is CC(=Cc1ccc(C(C)(C)C)cc1)C(=O)N[C@H](C)c1ccc(NS(C)(=O)=O)c(F)c1. The van der Waals surface area contributed by atoms with E-state index in [1.165, 1.54) is 17.7 Å². The molecule has 0 saturated carbocycles. The molecule has 5 nitrogen and oxygen atoms in total. The van der Waals surface area contributed by atoms with Crippen molar-refractivity contribution in [1.29, 1.82) is 0 Å². The number of hydrogen-bond acceptors (Lipinski definition) is 3. The summed E-state index contributed by atoms with van der Waals surface area (Å²) in [7, 11) is -3.57. The van der Waals surface area contributed by atoms with Gasteiger partial charge in [0.25, 0.3) is 0 Å². The van der Waals surface area contributed by atoms with Gasteiger partial charge in [0, 0.05) is 5.57 Å². The molecule has 2 aromatic carbocycles. The number of anilines is 1. The first-order valence-electron chi connectivity index (χ1n) is 9.63. The lowest BCUT2D eigenvalue weighted by atomic mass is 9.86. The minimum Gasteiger partial charge on any atom is -0.346 e. The zero-order chi connectivity index (χ0) is 22.7. The first-order chi connectivity index (χ1) is 13.8. The molecule has 0 aromatic heterocycles. The number of carbonyl (C=O) groups excluding carboxylic acids is 1. The number of carbonyl (C=O) groups is 1. The Kier molecular flexibility index (Phi) is 7.08. The summed E-state index contributed by atoms with van der Waals surface area (Å²) in [5.41, 5.74) is 3.13. The lowest BCUT2D eigenvalue weighted by Gasteiger charge is -2.19. The average Bonchev–Trinajstić information content (AvgIpc) is 2.61. The van der Waals surface area contributed by atoms with Gasteiger partial charge in [-0.05, 0) is 54.2 Å². The second kappa shape index (κ2) is 9.00. The summed E-state index contributed by atoms with van der Waals surface area (Å²) in [6.07, 6.45) is 2.75. The lowest BCUT2D eigenvalue weighted by molar-refractivity contribution is -0.118. The van der Waals surface area contributed by atoms with Crippen molar-refractivity contribution in [3.8, 4) is 0 Å². The van der Waals surface area contributed by atoms with E-state index in [2.05, 4.69) is 42.9 Å². The van der Waals surface area contributed by atoms with Gasteiger partial charge < -0.3 is 5.32 Å². The van der Waals surface area contributed by atoms with Gasteiger partial charge in [0.1, 0.15) is 5.82 Å². The number of rotatable bonds is 6. The first kappa shape index (κ1) is 23.6. The van der Waals surface area contributed by atoms with Gasteiger partial charge in [0.15, 0.2) is 0 Å². The third kappa shape index (κ3) is 6.69. The van der Waals surface area contributed by atoms with E-state index in [4.69, 9.17) is 0 Å². The quantitative estimate of drug-likeness (QED) is 0.646. The van der Waals surface area contributed by atoms with E-state index in [9.17, 15) is 17.6 Å². The maximum Gasteiger partial charge on any atom is 0.247 e. The van der Waals surface area contributed by atoms with E-state index in [-0.39, 0.29) is 17.0 Å². The summed E-state index contributed by atoms with van der Waals surface area (Å²) in [6.45, 7) is 9.89.